The van der Waals surface area contributed by atoms with Gasteiger partial charge in [0.25, 0.3) is 5.56 Å². The molecule has 1 saturated carbocycles. The van der Waals surface area contributed by atoms with Crippen molar-refractivity contribution in [1.82, 2.24) is 30.1 Å². The van der Waals surface area contributed by atoms with Crippen LogP contribution in [0.1, 0.15) is 92.0 Å². The zero-order valence-electron chi connectivity index (χ0n) is 22.3. The molecule has 4 aromatic rings. The maximum absolute atomic E-state index is 13.3. The van der Waals surface area contributed by atoms with Crippen LogP contribution in [-0.2, 0) is 13.1 Å². The summed E-state index contributed by atoms with van der Waals surface area (Å²) in [5.74, 6) is 0.925. The Kier molecular flexibility index (Phi) is 7.79. The van der Waals surface area contributed by atoms with Crippen LogP contribution in [-0.4, -0.2) is 30.1 Å². The zero-order chi connectivity index (χ0) is 25.8. The van der Waals surface area contributed by atoms with Gasteiger partial charge in [0.1, 0.15) is 0 Å². The molecule has 2 aromatic heterocycles. The molecule has 2 heterocycles. The maximum atomic E-state index is 13.3. The highest BCUT2D eigenvalue weighted by molar-refractivity contribution is 5.82. The number of nitrogens with zero attached hydrogens (tertiary/aromatic N) is 5. The van der Waals surface area contributed by atoms with E-state index in [4.69, 9.17) is 0 Å². The Balaban J connectivity index is 1.55. The van der Waals surface area contributed by atoms with E-state index in [9.17, 15) is 4.79 Å². The van der Waals surface area contributed by atoms with Crippen LogP contribution in [0.5, 0.6) is 0 Å². The fraction of sp³-hybridized carbons (Fsp3) is 0.467. The lowest BCUT2D eigenvalue weighted by molar-refractivity contribution is 0.150. The number of pyridine rings is 1. The van der Waals surface area contributed by atoms with Crippen LogP contribution >= 0.6 is 0 Å². The predicted octanol–water partition coefficient (Wildman–Crippen LogP) is 6.18. The van der Waals surface area contributed by atoms with E-state index in [1.54, 1.807) is 0 Å². The van der Waals surface area contributed by atoms with Gasteiger partial charge in [-0.05, 0) is 72.2 Å². The van der Waals surface area contributed by atoms with E-state index in [2.05, 4.69) is 93.3 Å². The summed E-state index contributed by atoms with van der Waals surface area (Å²) in [5, 5.41) is 14.3. The summed E-state index contributed by atoms with van der Waals surface area (Å²) >= 11 is 0. The summed E-state index contributed by atoms with van der Waals surface area (Å²) in [6.07, 6.45) is 7.90. The first-order valence-electron chi connectivity index (χ1n) is 13.7. The number of H-pyrrole nitrogens is 1. The molecule has 7 heteroatoms. The molecule has 1 aliphatic carbocycles. The Morgan fingerprint density at radius 1 is 1.05 bits per heavy atom. The third kappa shape index (κ3) is 5.67. The fourth-order valence-corrected chi connectivity index (χ4v) is 5.92. The Labute approximate surface area is 218 Å². The number of hydrogen-bond donors (Lipinski definition) is 1. The van der Waals surface area contributed by atoms with Gasteiger partial charge in [0, 0.05) is 18.7 Å². The summed E-state index contributed by atoms with van der Waals surface area (Å²) in [7, 11) is 0. The molecule has 1 fully saturated rings. The molecule has 5 rings (SSSR count). The minimum absolute atomic E-state index is 0.0106. The molecule has 0 saturated heterocycles. The van der Waals surface area contributed by atoms with Gasteiger partial charge in [-0.1, -0.05) is 74.6 Å². The van der Waals surface area contributed by atoms with Gasteiger partial charge < -0.3 is 4.98 Å². The number of nitrogens with one attached hydrogen (secondary N) is 1. The zero-order valence-corrected chi connectivity index (χ0v) is 22.3. The largest absolute Gasteiger partial charge is 0.321 e. The lowest BCUT2D eigenvalue weighted by Gasteiger charge is -2.32. The number of aromatic nitrogens is 5. The van der Waals surface area contributed by atoms with E-state index >= 15 is 0 Å². The lowest BCUT2D eigenvalue weighted by atomic mass is 9.95. The molecule has 0 amide bonds. The van der Waals surface area contributed by atoms with E-state index in [1.807, 2.05) is 6.07 Å². The monoisotopic (exact) mass is 498 g/mol. The first-order valence-corrected chi connectivity index (χ1v) is 13.7. The average molecular weight is 499 g/mol. The molecule has 0 radical (unpaired) electrons. The molecule has 0 aliphatic heterocycles. The standard InChI is InChI=1S/C30H38N6O/c1-4-11-27(29-32-33-34-36(29)26-14-9-6-10-15-26)35(19-23-12-7-5-8-13-23)20-25-18-24-17-21(2)16-22(3)28(24)31-30(25)37/h5,7-8,12-13,16-18,26-27H,4,6,9-11,14-15,19-20H2,1-3H3,(H,31,37)/t27-/m0/s1. The minimum atomic E-state index is -0.0281. The Morgan fingerprint density at radius 3 is 2.59 bits per heavy atom. The van der Waals surface area contributed by atoms with Crippen molar-refractivity contribution in [3.63, 3.8) is 0 Å². The van der Waals surface area contributed by atoms with E-state index in [1.165, 1.54) is 30.4 Å². The van der Waals surface area contributed by atoms with Gasteiger partial charge in [-0.15, -0.1) is 5.10 Å². The first-order chi connectivity index (χ1) is 18.0. The molecule has 0 bridgehead atoms. The fourth-order valence-electron chi connectivity index (χ4n) is 5.92. The number of tetrazole rings is 1. The molecular weight excluding hydrogens is 460 g/mol. The van der Waals surface area contributed by atoms with Gasteiger partial charge in [0.05, 0.1) is 17.6 Å². The summed E-state index contributed by atoms with van der Waals surface area (Å²) in [5.41, 5.74) is 5.16. The van der Waals surface area contributed by atoms with Crippen LogP contribution < -0.4 is 5.56 Å². The molecule has 1 atom stereocenters. The quantitative estimate of drug-likeness (QED) is 0.298. The third-order valence-electron chi connectivity index (χ3n) is 7.71. The second-order valence-corrected chi connectivity index (χ2v) is 10.6. The molecule has 0 spiro atoms. The molecule has 1 aliphatic rings. The van der Waals surface area contributed by atoms with Crippen molar-refractivity contribution in [2.45, 2.75) is 90.9 Å². The van der Waals surface area contributed by atoms with E-state index in [-0.39, 0.29) is 11.6 Å². The highest BCUT2D eigenvalue weighted by atomic mass is 16.1. The summed E-state index contributed by atoms with van der Waals surface area (Å²) in [6.45, 7) is 7.59. The number of benzene rings is 2. The number of aromatic amines is 1. The lowest BCUT2D eigenvalue weighted by Crippen LogP contribution is -2.33. The van der Waals surface area contributed by atoms with Crippen LogP contribution in [0.25, 0.3) is 10.9 Å². The maximum Gasteiger partial charge on any atom is 0.252 e. The van der Waals surface area contributed by atoms with Crippen LogP contribution in [0.15, 0.2) is 53.3 Å². The first kappa shape index (κ1) is 25.3. The Hall–Kier alpha value is -3.32. The summed E-state index contributed by atoms with van der Waals surface area (Å²) < 4.78 is 2.09. The highest BCUT2D eigenvalue weighted by Gasteiger charge is 2.29. The molecule has 37 heavy (non-hydrogen) atoms. The Bertz CT molecular complexity index is 1390. The van der Waals surface area contributed by atoms with Crippen LogP contribution in [0.2, 0.25) is 0 Å². The average Bonchev–Trinajstić information content (AvgIpc) is 3.39. The van der Waals surface area contributed by atoms with Crippen LogP contribution in [0.3, 0.4) is 0 Å². The van der Waals surface area contributed by atoms with E-state index < -0.39 is 0 Å². The third-order valence-corrected chi connectivity index (χ3v) is 7.71. The van der Waals surface area contributed by atoms with Gasteiger partial charge in [0.15, 0.2) is 5.82 Å². The number of fused-ring (bicyclic) bond motifs is 1. The van der Waals surface area contributed by atoms with Crippen molar-refractivity contribution in [3.05, 3.63) is 87.0 Å². The van der Waals surface area contributed by atoms with Crippen molar-refractivity contribution in [2.24, 2.45) is 0 Å². The topological polar surface area (TPSA) is 79.7 Å². The molecular formula is C30H38N6O. The van der Waals surface area contributed by atoms with Crippen LogP contribution in [0.4, 0.5) is 0 Å². The predicted molar refractivity (Wildman–Crippen MR) is 147 cm³/mol. The smallest absolute Gasteiger partial charge is 0.252 e. The van der Waals surface area contributed by atoms with E-state index in [0.29, 0.717) is 19.1 Å². The van der Waals surface area contributed by atoms with Gasteiger partial charge in [0.2, 0.25) is 0 Å². The molecule has 2 aromatic carbocycles. The van der Waals surface area contributed by atoms with Crippen molar-refractivity contribution >= 4 is 10.9 Å². The minimum Gasteiger partial charge on any atom is -0.321 e. The van der Waals surface area contributed by atoms with Crippen molar-refractivity contribution in [2.75, 3.05) is 0 Å². The van der Waals surface area contributed by atoms with Gasteiger partial charge in [-0.25, -0.2) is 4.68 Å². The van der Waals surface area contributed by atoms with Gasteiger partial charge >= 0.3 is 0 Å². The van der Waals surface area contributed by atoms with Crippen molar-refractivity contribution in [1.29, 1.82) is 0 Å². The number of rotatable bonds is 9. The second kappa shape index (κ2) is 11.4. The molecule has 7 nitrogen and oxygen atoms in total. The molecule has 1 N–H and O–H groups in total. The molecule has 0 unspecified atom stereocenters. The summed E-state index contributed by atoms with van der Waals surface area (Å²) in [4.78, 5) is 18.9. The van der Waals surface area contributed by atoms with Crippen LogP contribution in [0, 0.1) is 13.8 Å². The normalized spacial score (nSPS) is 15.5. The highest BCUT2D eigenvalue weighted by Crippen LogP contribution is 2.33. The number of hydrogen-bond acceptors (Lipinski definition) is 5. The van der Waals surface area contributed by atoms with Gasteiger partial charge in [-0.3, -0.25) is 9.69 Å². The number of aryl methyl sites for hydroxylation is 2. The van der Waals surface area contributed by atoms with E-state index in [0.717, 1.165) is 53.5 Å². The van der Waals surface area contributed by atoms with Crippen molar-refractivity contribution in [3.8, 4) is 0 Å². The van der Waals surface area contributed by atoms with Gasteiger partial charge in [-0.2, -0.15) is 0 Å². The Morgan fingerprint density at radius 2 is 1.84 bits per heavy atom. The second-order valence-electron chi connectivity index (χ2n) is 10.6. The molecule has 194 valence electrons. The SMILES string of the molecule is CCC[C@@H](c1nnnn1C1CCCCC1)N(Cc1ccccc1)Cc1cc2cc(C)cc(C)c2[nH]c1=O. The summed E-state index contributed by atoms with van der Waals surface area (Å²) in [6, 6.07) is 17.2. The van der Waals surface area contributed by atoms with Crippen molar-refractivity contribution < 1.29 is 0 Å².